The van der Waals surface area contributed by atoms with Gasteiger partial charge >= 0.3 is 0 Å². The number of fused-ring (bicyclic) bond motifs is 1. The van der Waals surface area contributed by atoms with Crippen molar-refractivity contribution in [3.8, 4) is 16.9 Å². The second-order valence-electron chi connectivity index (χ2n) is 9.61. The SMILES string of the molecule is C=C[C@H]1CC[C@H](Nc2c(C(=O)C3CC3)cnc3ccc(-c4ccc(O)c(CC)c4)cc23)CC1. The average molecular weight is 441 g/mol. The Kier molecular flexibility index (Phi) is 5.92. The highest BCUT2D eigenvalue weighted by Gasteiger charge is 2.33. The highest BCUT2D eigenvalue weighted by molar-refractivity contribution is 6.10. The number of Topliss-reactive ketones (excluding diaryl/α,β-unsaturated/α-hetero) is 1. The first-order valence-electron chi connectivity index (χ1n) is 12.3. The van der Waals surface area contributed by atoms with Gasteiger partial charge in [0, 0.05) is 23.5 Å². The van der Waals surface area contributed by atoms with Crippen molar-refractivity contribution in [3.05, 3.63) is 66.4 Å². The molecule has 0 aliphatic heterocycles. The van der Waals surface area contributed by atoms with Crippen molar-refractivity contribution in [2.45, 2.75) is 57.9 Å². The number of allylic oxidation sites excluding steroid dienone is 1. The molecule has 4 nitrogen and oxygen atoms in total. The minimum Gasteiger partial charge on any atom is -0.508 e. The number of carbonyl (C=O) groups excluding carboxylic acids is 1. The van der Waals surface area contributed by atoms with Crippen LogP contribution in [0.25, 0.3) is 22.0 Å². The summed E-state index contributed by atoms with van der Waals surface area (Å²) in [6, 6.07) is 12.4. The fourth-order valence-corrected chi connectivity index (χ4v) is 5.03. The minimum atomic E-state index is 0.147. The summed E-state index contributed by atoms with van der Waals surface area (Å²) in [6.07, 6.45) is 11.0. The molecule has 2 fully saturated rings. The van der Waals surface area contributed by atoms with Crippen molar-refractivity contribution >= 4 is 22.4 Å². The smallest absolute Gasteiger partial charge is 0.169 e. The lowest BCUT2D eigenvalue weighted by Gasteiger charge is -2.29. The molecule has 0 spiro atoms. The minimum absolute atomic E-state index is 0.147. The molecular formula is C29H32N2O2. The van der Waals surface area contributed by atoms with Crippen molar-refractivity contribution in [1.29, 1.82) is 0 Å². The van der Waals surface area contributed by atoms with Gasteiger partial charge in [0.15, 0.2) is 5.78 Å². The maximum absolute atomic E-state index is 13.2. The van der Waals surface area contributed by atoms with E-state index in [2.05, 4.69) is 35.1 Å². The molecule has 170 valence electrons. The number of phenols is 1. The quantitative estimate of drug-likeness (QED) is 0.309. The summed E-state index contributed by atoms with van der Waals surface area (Å²) in [5, 5.41) is 14.9. The molecule has 4 heteroatoms. The third-order valence-electron chi connectivity index (χ3n) is 7.33. The Morgan fingerprint density at radius 1 is 1.09 bits per heavy atom. The van der Waals surface area contributed by atoms with E-state index in [1.807, 2.05) is 25.1 Å². The van der Waals surface area contributed by atoms with Crippen molar-refractivity contribution in [3.63, 3.8) is 0 Å². The number of nitrogens with zero attached hydrogens (tertiary/aromatic N) is 1. The second kappa shape index (κ2) is 9.01. The third-order valence-corrected chi connectivity index (χ3v) is 7.33. The zero-order chi connectivity index (χ0) is 22.9. The van der Waals surface area contributed by atoms with Gasteiger partial charge in [0.2, 0.25) is 0 Å². The van der Waals surface area contributed by atoms with E-state index in [1.54, 1.807) is 12.3 Å². The number of hydrogen-bond acceptors (Lipinski definition) is 4. The van der Waals surface area contributed by atoms with Crippen LogP contribution in [0.3, 0.4) is 0 Å². The predicted octanol–water partition coefficient (Wildman–Crippen LogP) is 6.92. The van der Waals surface area contributed by atoms with Gasteiger partial charge in [0.25, 0.3) is 0 Å². The first kappa shape index (κ1) is 21.7. The Morgan fingerprint density at radius 3 is 2.52 bits per heavy atom. The average Bonchev–Trinajstić information content (AvgIpc) is 3.70. The molecule has 3 aromatic rings. The highest BCUT2D eigenvalue weighted by Crippen LogP contribution is 2.39. The number of aryl methyl sites for hydroxylation is 1. The van der Waals surface area contributed by atoms with Gasteiger partial charge in [0.05, 0.1) is 16.8 Å². The van der Waals surface area contributed by atoms with Crippen molar-refractivity contribution in [2.24, 2.45) is 11.8 Å². The Hall–Kier alpha value is -3.14. The van der Waals surface area contributed by atoms with Crippen LogP contribution in [-0.2, 0) is 6.42 Å². The zero-order valence-electron chi connectivity index (χ0n) is 19.3. The van der Waals surface area contributed by atoms with Crippen LogP contribution in [-0.4, -0.2) is 21.9 Å². The molecule has 0 unspecified atom stereocenters. The van der Waals surface area contributed by atoms with E-state index >= 15 is 0 Å². The maximum atomic E-state index is 13.2. The summed E-state index contributed by atoms with van der Waals surface area (Å²) >= 11 is 0. The number of nitrogens with one attached hydrogen (secondary N) is 1. The van der Waals surface area contributed by atoms with Gasteiger partial charge in [-0.1, -0.05) is 25.1 Å². The number of anilines is 1. The van der Waals surface area contributed by atoms with Crippen LogP contribution in [0.15, 0.2) is 55.3 Å². The molecule has 0 amide bonds. The number of pyridine rings is 1. The van der Waals surface area contributed by atoms with Crippen LogP contribution in [0.1, 0.15) is 61.4 Å². The maximum Gasteiger partial charge on any atom is 0.169 e. The Labute approximate surface area is 195 Å². The van der Waals surface area contributed by atoms with Crippen molar-refractivity contribution < 1.29 is 9.90 Å². The van der Waals surface area contributed by atoms with E-state index in [1.165, 1.54) is 0 Å². The zero-order valence-corrected chi connectivity index (χ0v) is 19.3. The molecule has 2 saturated carbocycles. The Morgan fingerprint density at radius 2 is 1.82 bits per heavy atom. The van der Waals surface area contributed by atoms with Gasteiger partial charge < -0.3 is 10.4 Å². The van der Waals surface area contributed by atoms with Crippen LogP contribution in [0, 0.1) is 11.8 Å². The normalized spacial score (nSPS) is 20.5. The fraction of sp³-hybridized carbons (Fsp3) is 0.379. The van der Waals surface area contributed by atoms with Gasteiger partial charge in [-0.25, -0.2) is 0 Å². The van der Waals surface area contributed by atoms with Gasteiger partial charge in [-0.3, -0.25) is 9.78 Å². The van der Waals surface area contributed by atoms with Crippen molar-refractivity contribution in [2.75, 3.05) is 5.32 Å². The highest BCUT2D eigenvalue weighted by atomic mass is 16.3. The summed E-state index contributed by atoms with van der Waals surface area (Å²) in [5.41, 5.74) is 5.61. The predicted molar refractivity (Wildman–Crippen MR) is 135 cm³/mol. The number of aromatic nitrogens is 1. The lowest BCUT2D eigenvalue weighted by atomic mass is 9.86. The third kappa shape index (κ3) is 4.39. The Bertz CT molecular complexity index is 1200. The molecule has 1 heterocycles. The molecule has 2 aliphatic carbocycles. The van der Waals surface area contributed by atoms with Gasteiger partial charge in [-0.05, 0) is 91.8 Å². The molecule has 0 radical (unpaired) electrons. The largest absolute Gasteiger partial charge is 0.508 e. The number of rotatable bonds is 7. The number of aromatic hydroxyl groups is 1. The molecule has 0 atom stereocenters. The number of benzene rings is 2. The van der Waals surface area contributed by atoms with E-state index in [9.17, 15) is 9.90 Å². The number of ketones is 1. The van der Waals surface area contributed by atoms with Crippen LogP contribution < -0.4 is 5.32 Å². The van der Waals surface area contributed by atoms with E-state index in [4.69, 9.17) is 0 Å². The molecule has 2 aliphatic rings. The van der Waals surface area contributed by atoms with Crippen LogP contribution in [0.5, 0.6) is 5.75 Å². The van der Waals surface area contributed by atoms with Crippen LogP contribution in [0.4, 0.5) is 5.69 Å². The van der Waals surface area contributed by atoms with Crippen LogP contribution >= 0.6 is 0 Å². The van der Waals surface area contributed by atoms with E-state index in [0.29, 0.717) is 17.7 Å². The summed E-state index contributed by atoms with van der Waals surface area (Å²) in [4.78, 5) is 17.8. The van der Waals surface area contributed by atoms with Crippen molar-refractivity contribution in [1.82, 2.24) is 4.98 Å². The number of phenolic OH excluding ortho intramolecular Hbond substituents is 1. The van der Waals surface area contributed by atoms with Crippen LogP contribution in [0.2, 0.25) is 0 Å². The lowest BCUT2D eigenvalue weighted by Crippen LogP contribution is -2.26. The molecule has 0 bridgehead atoms. The molecular weight excluding hydrogens is 408 g/mol. The van der Waals surface area contributed by atoms with E-state index < -0.39 is 0 Å². The molecule has 2 N–H and O–H groups in total. The number of hydrogen-bond donors (Lipinski definition) is 2. The first-order valence-corrected chi connectivity index (χ1v) is 12.3. The van der Waals surface area contributed by atoms with E-state index in [0.717, 1.165) is 83.8 Å². The molecule has 5 rings (SSSR count). The monoisotopic (exact) mass is 440 g/mol. The summed E-state index contributed by atoms with van der Waals surface area (Å²) in [7, 11) is 0. The van der Waals surface area contributed by atoms with Gasteiger partial charge in [-0.2, -0.15) is 0 Å². The summed E-state index contributed by atoms with van der Waals surface area (Å²) in [6.45, 7) is 6.01. The molecule has 2 aromatic carbocycles. The van der Waals surface area contributed by atoms with Gasteiger partial charge in [0.1, 0.15) is 5.75 Å². The molecule has 0 saturated heterocycles. The fourth-order valence-electron chi connectivity index (χ4n) is 5.03. The number of carbonyl (C=O) groups is 1. The summed E-state index contributed by atoms with van der Waals surface area (Å²) in [5.74, 6) is 1.29. The molecule has 1 aromatic heterocycles. The topological polar surface area (TPSA) is 62.2 Å². The lowest BCUT2D eigenvalue weighted by molar-refractivity contribution is 0.0968. The second-order valence-corrected chi connectivity index (χ2v) is 9.61. The van der Waals surface area contributed by atoms with E-state index in [-0.39, 0.29) is 11.7 Å². The Balaban J connectivity index is 1.58. The van der Waals surface area contributed by atoms with Gasteiger partial charge in [-0.15, -0.1) is 6.58 Å². The molecule has 33 heavy (non-hydrogen) atoms. The summed E-state index contributed by atoms with van der Waals surface area (Å²) < 4.78 is 0. The first-order chi connectivity index (χ1) is 16.1. The standard InChI is InChI=1S/C29H32N2O2/c1-3-18-5-11-23(12-6-18)31-28-24-16-22(21-10-14-27(32)19(4-2)15-21)9-13-26(24)30-17-25(28)29(33)20-7-8-20/h3,9-10,13-18,20,23,32H,1,4-8,11-12H2,2H3,(H,30,31)/t18-,23-.